The van der Waals surface area contributed by atoms with Gasteiger partial charge in [-0.25, -0.2) is 0 Å². The summed E-state index contributed by atoms with van der Waals surface area (Å²) >= 11 is 0. The molecule has 0 fully saturated rings. The Morgan fingerprint density at radius 1 is 0.767 bits per heavy atom. The fourth-order valence-corrected chi connectivity index (χ4v) is 3.32. The molecule has 2 heteroatoms. The summed E-state index contributed by atoms with van der Waals surface area (Å²) in [6.07, 6.45) is 5.47. The van der Waals surface area contributed by atoms with Crippen molar-refractivity contribution < 1.29 is 4.74 Å². The highest BCUT2D eigenvalue weighted by atomic mass is 16.5. The third kappa shape index (κ3) is 5.95. The zero-order chi connectivity index (χ0) is 21.2. The summed E-state index contributed by atoms with van der Waals surface area (Å²) in [4.78, 5) is 2.12. The Morgan fingerprint density at radius 3 is 1.90 bits per heavy atom. The Labute approximate surface area is 181 Å². The molecule has 2 nitrogen and oxygen atoms in total. The molecule has 0 aliphatic rings. The molecule has 0 aromatic heterocycles. The van der Waals surface area contributed by atoms with E-state index in [4.69, 9.17) is 4.74 Å². The topological polar surface area (TPSA) is 12.5 Å². The van der Waals surface area contributed by atoms with E-state index in [-0.39, 0.29) is 0 Å². The number of hydrogen-bond acceptors (Lipinski definition) is 2. The van der Waals surface area contributed by atoms with E-state index in [0.717, 1.165) is 18.7 Å². The first kappa shape index (κ1) is 21.6. The van der Waals surface area contributed by atoms with Gasteiger partial charge in [0.25, 0.3) is 0 Å². The van der Waals surface area contributed by atoms with Crippen LogP contribution in [-0.2, 0) is 0 Å². The van der Waals surface area contributed by atoms with Crippen LogP contribution >= 0.6 is 0 Å². The molecule has 0 N–H and O–H groups in total. The van der Waals surface area contributed by atoms with Gasteiger partial charge in [0.1, 0.15) is 12.4 Å². The molecule has 0 aliphatic carbocycles. The summed E-state index contributed by atoms with van der Waals surface area (Å²) in [5.74, 6) is 0.901. The minimum Gasteiger partial charge on any atom is -0.492 e. The molecule has 0 aliphatic heterocycles. The van der Waals surface area contributed by atoms with Gasteiger partial charge in [-0.2, -0.15) is 0 Å². The van der Waals surface area contributed by atoms with E-state index in [2.05, 4.69) is 123 Å². The Morgan fingerprint density at radius 2 is 1.33 bits per heavy atom. The van der Waals surface area contributed by atoms with E-state index in [1.807, 2.05) is 0 Å². The van der Waals surface area contributed by atoms with Crippen LogP contribution in [0.25, 0.3) is 11.1 Å². The van der Waals surface area contributed by atoms with E-state index < -0.39 is 0 Å². The van der Waals surface area contributed by atoms with Crippen molar-refractivity contribution in [3.05, 3.63) is 114 Å². The highest BCUT2D eigenvalue weighted by molar-refractivity contribution is 6.02. The van der Waals surface area contributed by atoms with Crippen molar-refractivity contribution in [1.29, 1.82) is 0 Å². The maximum atomic E-state index is 5.90. The van der Waals surface area contributed by atoms with Gasteiger partial charge in [0.05, 0.1) is 0 Å². The van der Waals surface area contributed by atoms with Crippen LogP contribution < -0.4 is 4.74 Å². The molecule has 3 aromatic carbocycles. The fourth-order valence-electron chi connectivity index (χ4n) is 3.32. The van der Waals surface area contributed by atoms with Crippen LogP contribution in [0.2, 0.25) is 0 Å². The van der Waals surface area contributed by atoms with Crippen molar-refractivity contribution in [3.8, 4) is 5.75 Å². The molecule has 0 unspecified atom stereocenters. The van der Waals surface area contributed by atoms with Crippen molar-refractivity contribution in [3.63, 3.8) is 0 Å². The molecular formula is C28H31NO. The molecule has 0 spiro atoms. The van der Waals surface area contributed by atoms with Gasteiger partial charge in [0.2, 0.25) is 0 Å². The predicted molar refractivity (Wildman–Crippen MR) is 129 cm³/mol. The molecule has 0 bridgehead atoms. The second-order valence-corrected chi connectivity index (χ2v) is 7.51. The molecule has 0 saturated heterocycles. The molecule has 0 radical (unpaired) electrons. The first-order chi connectivity index (χ1) is 14.7. The Balaban J connectivity index is 2.06. The fraction of sp³-hybridized carbons (Fsp3) is 0.214. The van der Waals surface area contributed by atoms with Gasteiger partial charge in [-0.3, -0.25) is 0 Å². The van der Waals surface area contributed by atoms with E-state index in [0.29, 0.717) is 6.61 Å². The molecule has 0 atom stereocenters. The number of nitrogens with zero attached hydrogens (tertiary/aromatic N) is 1. The van der Waals surface area contributed by atoms with Crippen LogP contribution in [0.15, 0.2) is 97.1 Å². The van der Waals surface area contributed by atoms with Gasteiger partial charge >= 0.3 is 0 Å². The minimum atomic E-state index is 0.683. The van der Waals surface area contributed by atoms with E-state index in [9.17, 15) is 0 Å². The standard InChI is InChI=1S/C28H31NO/c1-4-5-16-27(23-12-8-6-9-13-23)28(24-14-10-7-11-15-24)25-17-19-26(20-18-25)30-22-21-29(2)3/h5-20H,4,21-22H2,1-3H3/b16-5-,28-27?. The van der Waals surface area contributed by atoms with E-state index in [1.165, 1.54) is 27.8 Å². The average Bonchev–Trinajstić information content (AvgIpc) is 2.78. The molecule has 30 heavy (non-hydrogen) atoms. The van der Waals surface area contributed by atoms with Crippen LogP contribution in [0.4, 0.5) is 0 Å². The van der Waals surface area contributed by atoms with Crippen molar-refractivity contribution in [2.24, 2.45) is 0 Å². The van der Waals surface area contributed by atoms with Crippen LogP contribution in [0.1, 0.15) is 30.0 Å². The molecule has 3 aromatic rings. The number of rotatable bonds is 9. The molecule has 0 amide bonds. The highest BCUT2D eigenvalue weighted by Crippen LogP contribution is 2.34. The quantitative estimate of drug-likeness (QED) is 0.300. The maximum absolute atomic E-state index is 5.90. The average molecular weight is 398 g/mol. The Kier molecular flexibility index (Phi) is 8.05. The van der Waals surface area contributed by atoms with Crippen molar-refractivity contribution in [1.82, 2.24) is 4.90 Å². The van der Waals surface area contributed by atoms with Crippen LogP contribution in [0.5, 0.6) is 5.75 Å². The van der Waals surface area contributed by atoms with Gasteiger partial charge in [0.15, 0.2) is 0 Å². The summed E-state index contributed by atoms with van der Waals surface area (Å²) in [7, 11) is 4.11. The second-order valence-electron chi connectivity index (χ2n) is 7.51. The number of hydrogen-bond donors (Lipinski definition) is 0. The minimum absolute atomic E-state index is 0.683. The lowest BCUT2D eigenvalue weighted by Crippen LogP contribution is -2.19. The highest BCUT2D eigenvalue weighted by Gasteiger charge is 2.12. The summed E-state index contributed by atoms with van der Waals surface area (Å²) in [6.45, 7) is 3.75. The zero-order valence-corrected chi connectivity index (χ0v) is 18.2. The third-order valence-electron chi connectivity index (χ3n) is 4.89. The summed E-state index contributed by atoms with van der Waals surface area (Å²) in [6, 6.07) is 29.7. The van der Waals surface area contributed by atoms with Gasteiger partial charge in [-0.05, 0) is 60.5 Å². The van der Waals surface area contributed by atoms with Crippen molar-refractivity contribution >= 4 is 11.1 Å². The monoisotopic (exact) mass is 397 g/mol. The van der Waals surface area contributed by atoms with Crippen molar-refractivity contribution in [2.75, 3.05) is 27.2 Å². The van der Waals surface area contributed by atoms with Crippen LogP contribution in [-0.4, -0.2) is 32.1 Å². The third-order valence-corrected chi connectivity index (χ3v) is 4.89. The SMILES string of the molecule is CC/C=C\C(=C(c1ccccc1)c1ccc(OCCN(C)C)cc1)c1ccccc1. The maximum Gasteiger partial charge on any atom is 0.119 e. The largest absolute Gasteiger partial charge is 0.492 e. The number of benzene rings is 3. The number of likely N-dealkylation sites (N-methyl/N-ethyl adjacent to an activating group) is 1. The lowest BCUT2D eigenvalue weighted by Gasteiger charge is -2.16. The van der Waals surface area contributed by atoms with Gasteiger partial charge in [0, 0.05) is 6.54 Å². The first-order valence-electron chi connectivity index (χ1n) is 10.6. The van der Waals surface area contributed by atoms with Gasteiger partial charge in [-0.1, -0.05) is 91.9 Å². The van der Waals surface area contributed by atoms with Crippen LogP contribution in [0, 0.1) is 0 Å². The second kappa shape index (κ2) is 11.2. The van der Waals surface area contributed by atoms with E-state index >= 15 is 0 Å². The summed E-state index contributed by atoms with van der Waals surface area (Å²) in [5.41, 5.74) is 6.06. The molecular weight excluding hydrogens is 366 g/mol. The van der Waals surface area contributed by atoms with E-state index in [1.54, 1.807) is 0 Å². The lowest BCUT2D eigenvalue weighted by atomic mass is 9.89. The smallest absolute Gasteiger partial charge is 0.119 e. The number of ether oxygens (including phenoxy) is 1. The zero-order valence-electron chi connectivity index (χ0n) is 18.2. The molecule has 0 saturated carbocycles. The first-order valence-corrected chi connectivity index (χ1v) is 10.6. The Hall–Kier alpha value is -3.10. The summed E-state index contributed by atoms with van der Waals surface area (Å²) < 4.78 is 5.90. The van der Waals surface area contributed by atoms with Gasteiger partial charge in [-0.15, -0.1) is 0 Å². The molecule has 0 heterocycles. The normalized spacial score (nSPS) is 12.3. The lowest BCUT2D eigenvalue weighted by molar-refractivity contribution is 0.261. The van der Waals surface area contributed by atoms with Gasteiger partial charge < -0.3 is 9.64 Å². The Bertz CT molecular complexity index is 955. The predicted octanol–water partition coefficient (Wildman–Crippen LogP) is 6.55. The summed E-state index contributed by atoms with van der Waals surface area (Å²) in [5, 5.41) is 0. The molecule has 154 valence electrons. The molecule has 3 rings (SSSR count). The van der Waals surface area contributed by atoms with Crippen LogP contribution in [0.3, 0.4) is 0 Å². The van der Waals surface area contributed by atoms with Crippen molar-refractivity contribution in [2.45, 2.75) is 13.3 Å². The number of allylic oxidation sites excluding steroid dienone is 3.